The number of anilines is 1. The Balaban J connectivity index is 1.57. The molecule has 0 heterocycles. The van der Waals surface area contributed by atoms with E-state index in [0.29, 0.717) is 0 Å². The number of hydrogen-bond donors (Lipinski definition) is 2. The lowest BCUT2D eigenvalue weighted by molar-refractivity contribution is 0.443. The van der Waals surface area contributed by atoms with Gasteiger partial charge < -0.3 is 11.1 Å². The third-order valence-corrected chi connectivity index (χ3v) is 4.52. The first kappa shape index (κ1) is 12.0. The Hall–Kier alpha value is -1.02. The summed E-state index contributed by atoms with van der Waals surface area (Å²) in [6, 6.07) is 9.04. The SMILES string of the molecule is NC1(CNc2ccc(C3CCCCC3)cc2)CC1. The van der Waals surface area contributed by atoms with Crippen LogP contribution in [-0.2, 0) is 0 Å². The van der Waals surface area contributed by atoms with Crippen molar-refractivity contribution in [2.75, 3.05) is 11.9 Å². The minimum Gasteiger partial charge on any atom is -0.383 e. The summed E-state index contributed by atoms with van der Waals surface area (Å²) in [4.78, 5) is 0. The summed E-state index contributed by atoms with van der Waals surface area (Å²) in [6.45, 7) is 0.912. The fraction of sp³-hybridized carbons (Fsp3) is 0.625. The van der Waals surface area contributed by atoms with Gasteiger partial charge in [-0.05, 0) is 49.3 Å². The Morgan fingerprint density at radius 2 is 1.72 bits per heavy atom. The molecule has 2 heteroatoms. The van der Waals surface area contributed by atoms with Gasteiger partial charge in [0, 0.05) is 17.8 Å². The second-order valence-electron chi connectivity index (χ2n) is 6.17. The maximum Gasteiger partial charge on any atom is 0.0340 e. The molecule has 0 aliphatic heterocycles. The maximum atomic E-state index is 6.08. The van der Waals surface area contributed by atoms with Crippen molar-refractivity contribution in [2.24, 2.45) is 5.73 Å². The van der Waals surface area contributed by atoms with Gasteiger partial charge in [-0.15, -0.1) is 0 Å². The Morgan fingerprint density at radius 1 is 1.06 bits per heavy atom. The van der Waals surface area contributed by atoms with E-state index in [1.165, 1.54) is 56.2 Å². The molecular formula is C16H24N2. The van der Waals surface area contributed by atoms with Crippen LogP contribution in [0.4, 0.5) is 5.69 Å². The average Bonchev–Trinajstić information content (AvgIpc) is 3.17. The Labute approximate surface area is 110 Å². The van der Waals surface area contributed by atoms with Crippen LogP contribution in [0.15, 0.2) is 24.3 Å². The number of benzene rings is 1. The Morgan fingerprint density at radius 3 is 2.33 bits per heavy atom. The highest BCUT2D eigenvalue weighted by atomic mass is 15.0. The highest BCUT2D eigenvalue weighted by molar-refractivity contribution is 5.46. The van der Waals surface area contributed by atoms with Gasteiger partial charge in [0.15, 0.2) is 0 Å². The molecule has 0 aromatic heterocycles. The summed E-state index contributed by atoms with van der Waals surface area (Å²) in [5.41, 5.74) is 8.90. The zero-order valence-electron chi connectivity index (χ0n) is 11.1. The summed E-state index contributed by atoms with van der Waals surface area (Å²) in [5.74, 6) is 0.803. The van der Waals surface area contributed by atoms with Crippen molar-refractivity contribution >= 4 is 5.69 Å². The van der Waals surface area contributed by atoms with Gasteiger partial charge in [-0.2, -0.15) is 0 Å². The molecule has 0 unspecified atom stereocenters. The monoisotopic (exact) mass is 244 g/mol. The Kier molecular flexibility index (Phi) is 3.29. The first-order valence-corrected chi connectivity index (χ1v) is 7.38. The molecule has 2 fully saturated rings. The molecule has 18 heavy (non-hydrogen) atoms. The van der Waals surface area contributed by atoms with Crippen molar-refractivity contribution in [3.63, 3.8) is 0 Å². The van der Waals surface area contributed by atoms with E-state index in [4.69, 9.17) is 5.73 Å². The maximum absolute atomic E-state index is 6.08. The van der Waals surface area contributed by atoms with Crippen LogP contribution in [0, 0.1) is 0 Å². The van der Waals surface area contributed by atoms with Crippen LogP contribution in [0.1, 0.15) is 56.4 Å². The smallest absolute Gasteiger partial charge is 0.0340 e. The van der Waals surface area contributed by atoms with Gasteiger partial charge in [0.1, 0.15) is 0 Å². The van der Waals surface area contributed by atoms with Crippen LogP contribution >= 0.6 is 0 Å². The van der Waals surface area contributed by atoms with Gasteiger partial charge in [0.25, 0.3) is 0 Å². The molecule has 0 atom stereocenters. The molecule has 0 saturated heterocycles. The lowest BCUT2D eigenvalue weighted by Crippen LogP contribution is -2.31. The predicted octanol–water partition coefficient (Wildman–Crippen LogP) is 3.64. The van der Waals surface area contributed by atoms with Crippen LogP contribution < -0.4 is 11.1 Å². The predicted molar refractivity (Wildman–Crippen MR) is 76.9 cm³/mol. The van der Waals surface area contributed by atoms with Gasteiger partial charge in [-0.25, -0.2) is 0 Å². The van der Waals surface area contributed by atoms with Crippen molar-refractivity contribution in [1.82, 2.24) is 0 Å². The number of rotatable bonds is 4. The molecule has 0 radical (unpaired) electrons. The molecule has 98 valence electrons. The quantitative estimate of drug-likeness (QED) is 0.848. The van der Waals surface area contributed by atoms with E-state index in [1.54, 1.807) is 0 Å². The van der Waals surface area contributed by atoms with Gasteiger partial charge in [0.2, 0.25) is 0 Å². The summed E-state index contributed by atoms with van der Waals surface area (Å²) >= 11 is 0. The standard InChI is InChI=1S/C16H24N2/c17-16(10-11-16)12-18-15-8-6-14(7-9-15)13-4-2-1-3-5-13/h6-9,13,18H,1-5,10-12,17H2. The van der Waals surface area contributed by atoms with Crippen molar-refractivity contribution in [3.05, 3.63) is 29.8 Å². The normalized spacial score (nSPS) is 22.7. The van der Waals surface area contributed by atoms with Crippen LogP contribution in [0.3, 0.4) is 0 Å². The van der Waals surface area contributed by atoms with Crippen LogP contribution in [0.25, 0.3) is 0 Å². The molecule has 2 saturated carbocycles. The zero-order valence-corrected chi connectivity index (χ0v) is 11.1. The van der Waals surface area contributed by atoms with Crippen LogP contribution in [0.2, 0.25) is 0 Å². The molecule has 1 aromatic rings. The van der Waals surface area contributed by atoms with Crippen LogP contribution in [0.5, 0.6) is 0 Å². The third-order valence-electron chi connectivity index (χ3n) is 4.52. The molecule has 0 bridgehead atoms. The van der Waals surface area contributed by atoms with Crippen molar-refractivity contribution in [3.8, 4) is 0 Å². The number of hydrogen-bond acceptors (Lipinski definition) is 2. The van der Waals surface area contributed by atoms with Gasteiger partial charge in [0.05, 0.1) is 0 Å². The molecule has 2 nitrogen and oxygen atoms in total. The van der Waals surface area contributed by atoms with E-state index in [-0.39, 0.29) is 5.54 Å². The summed E-state index contributed by atoms with van der Waals surface area (Å²) < 4.78 is 0. The third kappa shape index (κ3) is 2.86. The molecule has 0 amide bonds. The first-order chi connectivity index (χ1) is 8.75. The number of nitrogens with two attached hydrogens (primary N) is 1. The van der Waals surface area contributed by atoms with E-state index >= 15 is 0 Å². The van der Waals surface area contributed by atoms with Gasteiger partial charge in [-0.1, -0.05) is 31.4 Å². The van der Waals surface area contributed by atoms with Crippen molar-refractivity contribution in [2.45, 2.75) is 56.4 Å². The lowest BCUT2D eigenvalue weighted by atomic mass is 9.84. The van der Waals surface area contributed by atoms with E-state index in [0.717, 1.165) is 12.5 Å². The second kappa shape index (κ2) is 4.93. The van der Waals surface area contributed by atoms with E-state index in [9.17, 15) is 0 Å². The van der Waals surface area contributed by atoms with Crippen molar-refractivity contribution in [1.29, 1.82) is 0 Å². The minimum atomic E-state index is 0.0854. The minimum absolute atomic E-state index is 0.0854. The lowest BCUT2D eigenvalue weighted by Gasteiger charge is -2.22. The van der Waals surface area contributed by atoms with E-state index < -0.39 is 0 Å². The molecule has 3 rings (SSSR count). The second-order valence-corrected chi connectivity index (χ2v) is 6.17. The molecule has 1 aromatic carbocycles. The van der Waals surface area contributed by atoms with Crippen molar-refractivity contribution < 1.29 is 0 Å². The molecule has 2 aliphatic carbocycles. The topological polar surface area (TPSA) is 38.0 Å². The number of nitrogens with one attached hydrogen (secondary N) is 1. The molecular weight excluding hydrogens is 220 g/mol. The van der Waals surface area contributed by atoms with E-state index in [1.807, 2.05) is 0 Å². The summed E-state index contributed by atoms with van der Waals surface area (Å²) in [7, 11) is 0. The van der Waals surface area contributed by atoms with Gasteiger partial charge >= 0.3 is 0 Å². The first-order valence-electron chi connectivity index (χ1n) is 7.38. The van der Waals surface area contributed by atoms with Crippen LogP contribution in [-0.4, -0.2) is 12.1 Å². The Bertz CT molecular complexity index is 386. The highest BCUT2D eigenvalue weighted by Gasteiger charge is 2.37. The molecule has 2 aliphatic rings. The summed E-state index contributed by atoms with van der Waals surface area (Å²) in [5, 5.41) is 3.45. The fourth-order valence-corrected chi connectivity index (χ4v) is 2.92. The van der Waals surface area contributed by atoms with Gasteiger partial charge in [-0.3, -0.25) is 0 Å². The van der Waals surface area contributed by atoms with E-state index in [2.05, 4.69) is 29.6 Å². The largest absolute Gasteiger partial charge is 0.383 e. The zero-order chi connectivity index (χ0) is 12.4. The summed E-state index contributed by atoms with van der Waals surface area (Å²) in [6.07, 6.45) is 9.31. The highest BCUT2D eigenvalue weighted by Crippen LogP contribution is 2.34. The molecule has 0 spiro atoms. The molecule has 3 N–H and O–H groups in total. The average molecular weight is 244 g/mol. The fourth-order valence-electron chi connectivity index (χ4n) is 2.92.